The van der Waals surface area contributed by atoms with Crippen LogP contribution >= 0.6 is 0 Å². The van der Waals surface area contributed by atoms with E-state index in [1.165, 1.54) is 12.8 Å². The maximum Gasteiger partial charge on any atom is 0.315 e. The summed E-state index contributed by atoms with van der Waals surface area (Å²) in [5.41, 5.74) is 0. The second kappa shape index (κ2) is 6.40. The number of nitrogens with one attached hydrogen (secondary N) is 2. The van der Waals surface area contributed by atoms with Crippen molar-refractivity contribution in [3.63, 3.8) is 0 Å². The molecule has 2 N–H and O–H groups in total. The van der Waals surface area contributed by atoms with Gasteiger partial charge in [0, 0.05) is 12.6 Å². The summed E-state index contributed by atoms with van der Waals surface area (Å²) in [6.45, 7) is 1.83. The average Bonchev–Trinajstić information content (AvgIpc) is 2.25. The SMILES string of the molecule is CN1CCCCC1CNC(=O)NCC=O. The molecule has 86 valence electrons. The fourth-order valence-electron chi connectivity index (χ4n) is 1.81. The molecule has 2 amide bonds. The molecule has 1 aliphatic heterocycles. The molecular formula is C10H19N3O2. The number of likely N-dealkylation sites (tertiary alicyclic amines) is 1. The molecule has 15 heavy (non-hydrogen) atoms. The standard InChI is InChI=1S/C10H19N3O2/c1-13-6-3-2-4-9(13)8-12-10(15)11-5-7-14/h7,9H,2-6,8H2,1H3,(H2,11,12,15). The minimum atomic E-state index is -0.263. The molecule has 0 aromatic carbocycles. The van der Waals surface area contributed by atoms with Gasteiger partial charge in [-0.05, 0) is 26.4 Å². The third-order valence-corrected chi connectivity index (χ3v) is 2.77. The minimum Gasteiger partial charge on any atom is -0.337 e. The Labute approximate surface area is 90.2 Å². The summed E-state index contributed by atoms with van der Waals surface area (Å²) in [6, 6.07) is 0.168. The summed E-state index contributed by atoms with van der Waals surface area (Å²) >= 11 is 0. The van der Waals surface area contributed by atoms with E-state index >= 15 is 0 Å². The van der Waals surface area contributed by atoms with Crippen molar-refractivity contribution in [3.8, 4) is 0 Å². The first-order valence-electron chi connectivity index (χ1n) is 5.39. The lowest BCUT2D eigenvalue weighted by Crippen LogP contribution is -2.47. The van der Waals surface area contributed by atoms with Gasteiger partial charge in [0.05, 0.1) is 6.54 Å². The normalized spacial score (nSPS) is 22.1. The van der Waals surface area contributed by atoms with Gasteiger partial charge in [0.25, 0.3) is 0 Å². The molecular weight excluding hydrogens is 194 g/mol. The van der Waals surface area contributed by atoms with Gasteiger partial charge < -0.3 is 20.3 Å². The molecule has 1 atom stereocenters. The molecule has 0 radical (unpaired) electrons. The fourth-order valence-corrected chi connectivity index (χ4v) is 1.81. The van der Waals surface area contributed by atoms with Gasteiger partial charge >= 0.3 is 6.03 Å². The lowest BCUT2D eigenvalue weighted by Gasteiger charge is -2.32. The van der Waals surface area contributed by atoms with Crippen LogP contribution in [0.25, 0.3) is 0 Å². The van der Waals surface area contributed by atoms with Gasteiger partial charge in [-0.15, -0.1) is 0 Å². The highest BCUT2D eigenvalue weighted by molar-refractivity contribution is 5.76. The van der Waals surface area contributed by atoms with Gasteiger partial charge in [-0.3, -0.25) is 0 Å². The number of piperidine rings is 1. The second-order valence-corrected chi connectivity index (χ2v) is 3.89. The largest absolute Gasteiger partial charge is 0.337 e. The number of nitrogens with zero attached hydrogens (tertiary/aromatic N) is 1. The molecule has 0 spiro atoms. The van der Waals surface area contributed by atoms with Gasteiger partial charge in [0.2, 0.25) is 0 Å². The first-order chi connectivity index (χ1) is 7.24. The fraction of sp³-hybridized carbons (Fsp3) is 0.800. The van der Waals surface area contributed by atoms with Gasteiger partial charge in [-0.25, -0.2) is 4.79 Å². The second-order valence-electron chi connectivity index (χ2n) is 3.89. The van der Waals surface area contributed by atoms with Crippen molar-refractivity contribution in [1.29, 1.82) is 0 Å². The molecule has 1 aliphatic rings. The number of hydrogen-bond acceptors (Lipinski definition) is 3. The number of urea groups is 1. The Bertz CT molecular complexity index is 221. The minimum absolute atomic E-state index is 0.0757. The lowest BCUT2D eigenvalue weighted by molar-refractivity contribution is -0.107. The number of carbonyl (C=O) groups is 2. The first-order valence-corrected chi connectivity index (χ1v) is 5.39. The third-order valence-electron chi connectivity index (χ3n) is 2.77. The number of aldehydes is 1. The lowest BCUT2D eigenvalue weighted by atomic mass is 10.0. The van der Waals surface area contributed by atoms with Crippen molar-refractivity contribution in [2.24, 2.45) is 0 Å². The average molecular weight is 213 g/mol. The molecule has 0 aliphatic carbocycles. The van der Waals surface area contributed by atoms with E-state index in [2.05, 4.69) is 22.6 Å². The Morgan fingerprint density at radius 2 is 2.27 bits per heavy atom. The molecule has 5 heteroatoms. The van der Waals surface area contributed by atoms with Crippen LogP contribution in [0.5, 0.6) is 0 Å². The first kappa shape index (κ1) is 12.0. The topological polar surface area (TPSA) is 61.4 Å². The summed E-state index contributed by atoms with van der Waals surface area (Å²) in [5.74, 6) is 0. The van der Waals surface area contributed by atoms with Crippen LogP contribution in [0.1, 0.15) is 19.3 Å². The zero-order chi connectivity index (χ0) is 11.1. The number of hydrogen-bond donors (Lipinski definition) is 2. The van der Waals surface area contributed by atoms with Crippen molar-refractivity contribution < 1.29 is 9.59 Å². The predicted molar refractivity (Wildman–Crippen MR) is 57.7 cm³/mol. The number of carbonyl (C=O) groups excluding carboxylic acids is 2. The smallest absolute Gasteiger partial charge is 0.315 e. The maximum absolute atomic E-state index is 11.2. The van der Waals surface area contributed by atoms with Crippen LogP contribution in [0, 0.1) is 0 Å². The molecule has 0 aromatic rings. The van der Waals surface area contributed by atoms with Crippen LogP contribution in [0.4, 0.5) is 4.79 Å². The summed E-state index contributed by atoms with van der Waals surface area (Å²) in [5, 5.41) is 5.22. The number of rotatable bonds is 4. The molecule has 1 unspecified atom stereocenters. The van der Waals surface area contributed by atoms with E-state index in [-0.39, 0.29) is 12.6 Å². The zero-order valence-corrected chi connectivity index (χ0v) is 9.16. The molecule has 0 saturated carbocycles. The van der Waals surface area contributed by atoms with E-state index in [1.807, 2.05) is 0 Å². The highest BCUT2D eigenvalue weighted by Crippen LogP contribution is 2.13. The highest BCUT2D eigenvalue weighted by atomic mass is 16.2. The van der Waals surface area contributed by atoms with Crippen molar-refractivity contribution >= 4 is 12.3 Å². The third kappa shape index (κ3) is 4.29. The van der Waals surface area contributed by atoms with E-state index in [4.69, 9.17) is 0 Å². The zero-order valence-electron chi connectivity index (χ0n) is 9.16. The quantitative estimate of drug-likeness (QED) is 0.645. The molecule has 1 heterocycles. The van der Waals surface area contributed by atoms with Crippen molar-refractivity contribution in [2.75, 3.05) is 26.7 Å². The Kier molecular flexibility index (Phi) is 5.10. The Morgan fingerprint density at radius 3 is 2.93 bits per heavy atom. The predicted octanol–water partition coefficient (Wildman–Crippen LogP) is -0.0312. The molecule has 1 rings (SSSR count). The van der Waals surface area contributed by atoms with Crippen LogP contribution in [-0.4, -0.2) is 49.9 Å². The molecule has 0 bridgehead atoms. The molecule has 1 fully saturated rings. The maximum atomic E-state index is 11.2. The van der Waals surface area contributed by atoms with E-state index in [1.54, 1.807) is 0 Å². The summed E-state index contributed by atoms with van der Waals surface area (Å²) in [6.07, 6.45) is 4.27. The monoisotopic (exact) mass is 213 g/mol. The van der Waals surface area contributed by atoms with Gasteiger partial charge in [0.1, 0.15) is 6.29 Å². The van der Waals surface area contributed by atoms with E-state index in [9.17, 15) is 9.59 Å². The van der Waals surface area contributed by atoms with Crippen molar-refractivity contribution in [1.82, 2.24) is 15.5 Å². The summed E-state index contributed by atoms with van der Waals surface area (Å²) < 4.78 is 0. The summed E-state index contributed by atoms with van der Waals surface area (Å²) in [4.78, 5) is 23.4. The summed E-state index contributed by atoms with van der Waals surface area (Å²) in [7, 11) is 2.08. The molecule has 5 nitrogen and oxygen atoms in total. The Hall–Kier alpha value is -1.10. The van der Waals surface area contributed by atoms with E-state index in [0.29, 0.717) is 18.9 Å². The van der Waals surface area contributed by atoms with Crippen LogP contribution in [-0.2, 0) is 4.79 Å². The molecule has 1 saturated heterocycles. The van der Waals surface area contributed by atoms with Crippen LogP contribution in [0.3, 0.4) is 0 Å². The highest BCUT2D eigenvalue weighted by Gasteiger charge is 2.18. The Morgan fingerprint density at radius 1 is 1.47 bits per heavy atom. The van der Waals surface area contributed by atoms with E-state index in [0.717, 1.165) is 13.0 Å². The molecule has 0 aromatic heterocycles. The van der Waals surface area contributed by atoms with Gasteiger partial charge in [0.15, 0.2) is 0 Å². The van der Waals surface area contributed by atoms with Crippen LogP contribution < -0.4 is 10.6 Å². The van der Waals surface area contributed by atoms with Crippen molar-refractivity contribution in [2.45, 2.75) is 25.3 Å². The Balaban J connectivity index is 2.17. The number of amides is 2. The van der Waals surface area contributed by atoms with Gasteiger partial charge in [-0.2, -0.15) is 0 Å². The number of likely N-dealkylation sites (N-methyl/N-ethyl adjacent to an activating group) is 1. The van der Waals surface area contributed by atoms with Gasteiger partial charge in [-0.1, -0.05) is 6.42 Å². The van der Waals surface area contributed by atoms with Crippen LogP contribution in [0.15, 0.2) is 0 Å². The van der Waals surface area contributed by atoms with Crippen molar-refractivity contribution in [3.05, 3.63) is 0 Å². The van der Waals surface area contributed by atoms with Crippen LogP contribution in [0.2, 0.25) is 0 Å². The van der Waals surface area contributed by atoms with E-state index < -0.39 is 0 Å².